The smallest absolute Gasteiger partial charge is 0.303 e. The third kappa shape index (κ3) is 4.55. The van der Waals surface area contributed by atoms with Crippen LogP contribution in [0.1, 0.15) is 37.3 Å². The molecule has 0 amide bonds. The molecular weight excluding hydrogens is 302 g/mol. The van der Waals surface area contributed by atoms with Gasteiger partial charge in [0, 0.05) is 23.8 Å². The Morgan fingerprint density at radius 1 is 1.55 bits per heavy atom. The lowest BCUT2D eigenvalue weighted by Gasteiger charge is -2.25. The Labute approximate surface area is 135 Å². The molecule has 5 nitrogen and oxygen atoms in total. The summed E-state index contributed by atoms with van der Waals surface area (Å²) in [5, 5.41) is 8.79. The number of aliphatic carboxylic acids is 1. The summed E-state index contributed by atoms with van der Waals surface area (Å²) < 4.78 is 11.6. The van der Waals surface area contributed by atoms with Crippen LogP contribution in [0.25, 0.3) is 0 Å². The molecular formula is C16H23NO4S. The Kier molecular flexibility index (Phi) is 6.39. The number of carboxylic acid groups (broad SMARTS) is 1. The van der Waals surface area contributed by atoms with Crippen molar-refractivity contribution in [3.8, 4) is 11.5 Å². The number of benzene rings is 1. The molecule has 1 aliphatic heterocycles. The summed E-state index contributed by atoms with van der Waals surface area (Å²) in [6.07, 6.45) is 2.81. The van der Waals surface area contributed by atoms with Crippen LogP contribution in [0.2, 0.25) is 0 Å². The Bertz CT molecular complexity index is 503. The molecule has 1 aliphatic rings. The first kappa shape index (κ1) is 17.0. The maximum absolute atomic E-state index is 10.7. The third-order valence-electron chi connectivity index (χ3n) is 3.69. The van der Waals surface area contributed by atoms with Crippen LogP contribution >= 0.6 is 11.8 Å². The lowest BCUT2D eigenvalue weighted by Crippen LogP contribution is -2.24. The molecule has 22 heavy (non-hydrogen) atoms. The lowest BCUT2D eigenvalue weighted by molar-refractivity contribution is -0.137. The molecule has 0 saturated carbocycles. The summed E-state index contributed by atoms with van der Waals surface area (Å²) in [5.74, 6) is 2.64. The van der Waals surface area contributed by atoms with Crippen molar-refractivity contribution >= 4 is 17.7 Å². The van der Waals surface area contributed by atoms with Gasteiger partial charge in [-0.25, -0.2) is 0 Å². The molecule has 2 atom stereocenters. The van der Waals surface area contributed by atoms with Crippen molar-refractivity contribution in [2.75, 3.05) is 18.6 Å². The van der Waals surface area contributed by atoms with E-state index in [9.17, 15) is 4.79 Å². The van der Waals surface area contributed by atoms with Crippen LogP contribution in [0.4, 0.5) is 0 Å². The van der Waals surface area contributed by atoms with Crippen molar-refractivity contribution in [3.05, 3.63) is 23.8 Å². The maximum atomic E-state index is 10.7. The van der Waals surface area contributed by atoms with Crippen molar-refractivity contribution in [2.45, 2.75) is 37.8 Å². The topological polar surface area (TPSA) is 81.8 Å². The highest BCUT2D eigenvalue weighted by molar-refractivity contribution is 7.99. The molecule has 6 heteroatoms. The number of methoxy groups -OCH3 is 1. The van der Waals surface area contributed by atoms with Gasteiger partial charge >= 0.3 is 5.97 Å². The number of thioether (sulfide) groups is 1. The molecule has 0 radical (unpaired) electrons. The zero-order chi connectivity index (χ0) is 15.9. The fourth-order valence-electron chi connectivity index (χ4n) is 2.55. The second kappa shape index (κ2) is 8.29. The average Bonchev–Trinajstić information content (AvgIpc) is 2.53. The van der Waals surface area contributed by atoms with Gasteiger partial charge in [-0.1, -0.05) is 12.1 Å². The zero-order valence-corrected chi connectivity index (χ0v) is 13.6. The molecule has 0 bridgehead atoms. The van der Waals surface area contributed by atoms with Gasteiger partial charge in [-0.2, -0.15) is 11.8 Å². The molecule has 0 aromatic heterocycles. The van der Waals surface area contributed by atoms with E-state index in [4.69, 9.17) is 20.3 Å². The zero-order valence-electron chi connectivity index (χ0n) is 12.8. The highest BCUT2D eigenvalue weighted by Gasteiger charge is 2.21. The van der Waals surface area contributed by atoms with Crippen molar-refractivity contribution in [1.29, 1.82) is 0 Å². The van der Waals surface area contributed by atoms with Gasteiger partial charge in [0.15, 0.2) is 11.5 Å². The van der Waals surface area contributed by atoms with E-state index < -0.39 is 5.97 Å². The average molecular weight is 325 g/mol. The summed E-state index contributed by atoms with van der Waals surface area (Å²) in [6.45, 7) is 0. The molecule has 0 spiro atoms. The Hall–Kier alpha value is -1.40. The Morgan fingerprint density at radius 2 is 2.36 bits per heavy atom. The molecule has 1 fully saturated rings. The van der Waals surface area contributed by atoms with Crippen LogP contribution in [0.5, 0.6) is 11.5 Å². The number of carbonyl (C=O) groups is 1. The van der Waals surface area contributed by atoms with Crippen molar-refractivity contribution in [2.24, 2.45) is 5.73 Å². The van der Waals surface area contributed by atoms with Gasteiger partial charge in [0.25, 0.3) is 0 Å². The maximum Gasteiger partial charge on any atom is 0.303 e. The number of hydrogen-bond acceptors (Lipinski definition) is 5. The van der Waals surface area contributed by atoms with Gasteiger partial charge in [-0.15, -0.1) is 0 Å². The molecule has 0 aliphatic carbocycles. The van der Waals surface area contributed by atoms with Gasteiger partial charge in [0.2, 0.25) is 0 Å². The first-order chi connectivity index (χ1) is 10.6. The number of hydrogen-bond donors (Lipinski definition) is 2. The molecule has 122 valence electrons. The third-order valence-corrected chi connectivity index (χ3v) is 4.88. The number of rotatable bonds is 7. The van der Waals surface area contributed by atoms with Crippen LogP contribution in [0.3, 0.4) is 0 Å². The molecule has 2 unspecified atom stereocenters. The van der Waals surface area contributed by atoms with E-state index in [0.29, 0.717) is 17.9 Å². The summed E-state index contributed by atoms with van der Waals surface area (Å²) in [6, 6.07) is 5.25. The summed E-state index contributed by atoms with van der Waals surface area (Å²) in [5.41, 5.74) is 6.91. The summed E-state index contributed by atoms with van der Waals surface area (Å²) in [4.78, 5) is 10.7. The standard InChI is InChI=1S/C16H23NO4S/c1-20-16-12(13(17)7-8-15(18)19)5-2-6-14(16)21-11-4-3-9-22-10-11/h2,5-6,11,13H,3-4,7-10,17H2,1H3,(H,18,19). The number of ether oxygens (including phenoxy) is 2. The van der Waals surface area contributed by atoms with Gasteiger partial charge in [0.05, 0.1) is 7.11 Å². The van der Waals surface area contributed by atoms with Crippen LogP contribution in [-0.2, 0) is 4.79 Å². The predicted octanol–water partition coefficient (Wildman–Crippen LogP) is 2.83. The minimum atomic E-state index is -0.846. The first-order valence-electron chi connectivity index (χ1n) is 7.50. The normalized spacial score (nSPS) is 19.5. The van der Waals surface area contributed by atoms with E-state index in [-0.39, 0.29) is 18.6 Å². The monoisotopic (exact) mass is 325 g/mol. The highest BCUT2D eigenvalue weighted by Crippen LogP contribution is 2.37. The Morgan fingerprint density at radius 3 is 3.00 bits per heavy atom. The highest BCUT2D eigenvalue weighted by atomic mass is 32.2. The summed E-state index contributed by atoms with van der Waals surface area (Å²) >= 11 is 1.90. The first-order valence-corrected chi connectivity index (χ1v) is 8.66. The molecule has 1 heterocycles. The van der Waals surface area contributed by atoms with Crippen LogP contribution in [0, 0.1) is 0 Å². The lowest BCUT2D eigenvalue weighted by atomic mass is 10.0. The SMILES string of the molecule is COc1c(OC2CCCSC2)cccc1C(N)CCC(=O)O. The number of carboxylic acids is 1. The van der Waals surface area contributed by atoms with Crippen LogP contribution < -0.4 is 15.2 Å². The second-order valence-corrected chi connectivity index (χ2v) is 6.52. The molecule has 1 aromatic rings. The molecule has 1 aromatic carbocycles. The van der Waals surface area contributed by atoms with Gasteiger partial charge in [-0.05, 0) is 31.1 Å². The van der Waals surface area contributed by atoms with Crippen LogP contribution in [-0.4, -0.2) is 35.8 Å². The minimum absolute atomic E-state index is 0.0364. The minimum Gasteiger partial charge on any atom is -0.493 e. The van der Waals surface area contributed by atoms with E-state index in [1.807, 2.05) is 30.0 Å². The van der Waals surface area contributed by atoms with Crippen molar-refractivity contribution in [1.82, 2.24) is 0 Å². The van der Waals surface area contributed by atoms with Crippen molar-refractivity contribution in [3.63, 3.8) is 0 Å². The van der Waals surface area contributed by atoms with E-state index in [1.165, 1.54) is 5.75 Å². The van der Waals surface area contributed by atoms with E-state index in [0.717, 1.165) is 24.2 Å². The van der Waals surface area contributed by atoms with Gasteiger partial charge in [-0.3, -0.25) is 4.79 Å². The van der Waals surface area contributed by atoms with E-state index in [2.05, 4.69) is 0 Å². The number of para-hydroxylation sites is 1. The van der Waals surface area contributed by atoms with Crippen molar-refractivity contribution < 1.29 is 19.4 Å². The van der Waals surface area contributed by atoms with E-state index >= 15 is 0 Å². The molecule has 2 rings (SSSR count). The van der Waals surface area contributed by atoms with Gasteiger partial charge in [0.1, 0.15) is 6.10 Å². The fraction of sp³-hybridized carbons (Fsp3) is 0.562. The quantitative estimate of drug-likeness (QED) is 0.802. The molecule has 3 N–H and O–H groups in total. The Balaban J connectivity index is 2.13. The predicted molar refractivity (Wildman–Crippen MR) is 87.8 cm³/mol. The number of nitrogens with two attached hydrogens (primary N) is 1. The molecule has 1 saturated heterocycles. The van der Waals surface area contributed by atoms with Gasteiger partial charge < -0.3 is 20.3 Å². The second-order valence-electron chi connectivity index (χ2n) is 5.37. The summed E-state index contributed by atoms with van der Waals surface area (Å²) in [7, 11) is 1.59. The van der Waals surface area contributed by atoms with E-state index in [1.54, 1.807) is 7.11 Å². The fourth-order valence-corrected chi connectivity index (χ4v) is 3.59. The van der Waals surface area contributed by atoms with Crippen LogP contribution in [0.15, 0.2) is 18.2 Å². The largest absolute Gasteiger partial charge is 0.493 e.